The van der Waals surface area contributed by atoms with Gasteiger partial charge in [0.05, 0.1) is 17.3 Å². The van der Waals surface area contributed by atoms with Crippen LogP contribution in [0.4, 0.5) is 0 Å². The Morgan fingerprint density at radius 3 is 1.55 bits per heavy atom. The Morgan fingerprint density at radius 1 is 0.784 bits per heavy atom. The van der Waals surface area contributed by atoms with Gasteiger partial charge in [0.25, 0.3) is 5.97 Å². The number of esters is 4. The zero-order valence-corrected chi connectivity index (χ0v) is 32.3. The monoisotopic (exact) mass is 769 g/mol. The molecule has 0 aliphatic rings. The molecule has 18 nitrogen and oxygen atoms in total. The summed E-state index contributed by atoms with van der Waals surface area (Å²) in [4.78, 5) is 53.4. The molecule has 0 aromatic carbocycles. The lowest BCUT2D eigenvalue weighted by atomic mass is 9.95. The van der Waals surface area contributed by atoms with Crippen LogP contribution in [-0.4, -0.2) is 78.8 Å². The van der Waals surface area contributed by atoms with Crippen molar-refractivity contribution in [3.63, 3.8) is 0 Å². The molecule has 0 radical (unpaired) electrons. The van der Waals surface area contributed by atoms with E-state index in [9.17, 15) is 33.4 Å². The van der Waals surface area contributed by atoms with E-state index in [4.69, 9.17) is 48.5 Å². The third-order valence-electron chi connectivity index (χ3n) is 7.68. The van der Waals surface area contributed by atoms with E-state index in [1.54, 1.807) is 13.8 Å². The van der Waals surface area contributed by atoms with Gasteiger partial charge in [0, 0.05) is 12.4 Å². The van der Waals surface area contributed by atoms with Gasteiger partial charge in [-0.3, -0.25) is 51.4 Å². The number of carbonyl (C=O) groups is 4. The number of aromatic nitrogens is 1. The van der Waals surface area contributed by atoms with Gasteiger partial charge >= 0.3 is 40.4 Å². The molecular weight excluding hydrogens is 716 g/mol. The van der Waals surface area contributed by atoms with Crippen molar-refractivity contribution in [3.05, 3.63) is 30.1 Å². The second-order valence-corrected chi connectivity index (χ2v) is 15.1. The third-order valence-corrected chi connectivity index (χ3v) is 9.36. The number of pyridine rings is 1. The molecule has 0 aliphatic carbocycles. The van der Waals surface area contributed by atoms with Crippen molar-refractivity contribution in [1.29, 1.82) is 0 Å². The van der Waals surface area contributed by atoms with E-state index in [-0.39, 0.29) is 30.6 Å². The average molecular weight is 770 g/mol. The quantitative estimate of drug-likeness (QED) is 0.0590. The molecule has 1 heterocycles. The molecule has 0 amide bonds. The molecule has 0 spiro atoms. The second-order valence-electron chi connectivity index (χ2n) is 13.1. The molecule has 0 bridgehead atoms. The summed E-state index contributed by atoms with van der Waals surface area (Å²) in [6, 6.07) is 1.28. The third kappa shape index (κ3) is 16.6. The second kappa shape index (κ2) is 21.7. The Bertz CT molecular complexity index is 1260. The van der Waals surface area contributed by atoms with Gasteiger partial charge in [-0.15, -0.1) is 0 Å². The van der Waals surface area contributed by atoms with Gasteiger partial charge in [-0.1, -0.05) is 46.6 Å². The first kappa shape index (κ1) is 46.2. The van der Waals surface area contributed by atoms with Crippen LogP contribution in [0.15, 0.2) is 24.5 Å². The summed E-state index contributed by atoms with van der Waals surface area (Å²) in [7, 11) is -7.43. The largest absolute Gasteiger partial charge is 0.463 e. The Morgan fingerprint density at radius 2 is 1.20 bits per heavy atom. The number of carbonyl (C=O) groups excluding carboxylic acids is 4. The maximum atomic E-state index is 12.6. The maximum absolute atomic E-state index is 12.6. The Hall–Kier alpha value is -2.79. The minimum absolute atomic E-state index is 0.135. The van der Waals surface area contributed by atoms with E-state index < -0.39 is 89.3 Å². The highest BCUT2D eigenvalue weighted by Crippen LogP contribution is 2.40. The van der Waals surface area contributed by atoms with E-state index in [2.05, 4.69) is 4.98 Å². The van der Waals surface area contributed by atoms with E-state index in [1.807, 2.05) is 13.8 Å². The summed E-state index contributed by atoms with van der Waals surface area (Å²) in [6.45, 7) is 10.5. The van der Waals surface area contributed by atoms with E-state index in [0.717, 1.165) is 0 Å². The van der Waals surface area contributed by atoms with Gasteiger partial charge < -0.3 is 35.5 Å². The van der Waals surface area contributed by atoms with Crippen LogP contribution in [0.5, 0.6) is 0 Å². The fourth-order valence-electron chi connectivity index (χ4n) is 3.61. The van der Waals surface area contributed by atoms with Crippen molar-refractivity contribution in [2.75, 3.05) is 26.8 Å². The summed E-state index contributed by atoms with van der Waals surface area (Å²) >= 11 is 0. The first-order valence-corrected chi connectivity index (χ1v) is 18.6. The van der Waals surface area contributed by atoms with Crippen molar-refractivity contribution in [2.24, 2.45) is 34.1 Å². The summed E-state index contributed by atoms with van der Waals surface area (Å²) < 4.78 is 65.4. The number of nitrogens with two attached hydrogens (primary N) is 2. The molecule has 0 saturated carbocycles. The van der Waals surface area contributed by atoms with E-state index in [0.29, 0.717) is 12.8 Å². The molecule has 0 saturated heterocycles. The highest BCUT2D eigenvalue weighted by Gasteiger charge is 2.37. The Balaban J connectivity index is 2.74. The number of hydrogen-bond donors (Lipinski definition) is 3. The molecule has 6 atom stereocenters. The maximum Gasteiger partial charge on any atom is 0.326 e. The van der Waals surface area contributed by atoms with Gasteiger partial charge in [-0.2, -0.15) is 0 Å². The van der Waals surface area contributed by atoms with Crippen molar-refractivity contribution >= 4 is 40.4 Å². The van der Waals surface area contributed by atoms with Crippen LogP contribution >= 0.6 is 16.5 Å². The van der Waals surface area contributed by atoms with Crippen LogP contribution in [0.1, 0.15) is 73.8 Å². The highest BCUT2D eigenvalue weighted by molar-refractivity contribution is 7.34. The fraction of sp³-hybridized carbons (Fsp3) is 0.710. The Kier molecular flexibility index (Phi) is 19.6. The summed E-state index contributed by atoms with van der Waals surface area (Å²) in [5.41, 5.74) is 9.32. The summed E-state index contributed by atoms with van der Waals surface area (Å²) in [6.07, 6.45) is 3.48. The van der Waals surface area contributed by atoms with Crippen LogP contribution in [0.3, 0.4) is 0 Å². The highest BCUT2D eigenvalue weighted by atomic mass is 31.1. The Labute approximate surface area is 299 Å². The fourth-order valence-corrected chi connectivity index (χ4v) is 4.87. The van der Waals surface area contributed by atoms with Crippen molar-refractivity contribution in [3.8, 4) is 0 Å². The zero-order chi connectivity index (χ0) is 39.0. The molecule has 292 valence electrons. The standard InChI is InChI=1S/C31H53N3O15P2/c1-9-20(3)23(32)25(35)42-16-29(5,6)27(37)44-18-46-50(40)48-31(39,14-22-12-11-13-34-15-22)49-51(41)47-19-45-28(38)30(7,8)17-43-26(36)24(33)21(4)10-2/h11-13,15,20-21,23-24,39,50-51H,9-10,14,16-19,32-33H2,1-8H3/t20-,21-,23-,24-/m0/s1. The lowest BCUT2D eigenvalue weighted by Crippen LogP contribution is -2.41. The normalized spacial score (nSPS) is 16.8. The smallest absolute Gasteiger partial charge is 0.326 e. The summed E-state index contributed by atoms with van der Waals surface area (Å²) in [5, 5.41) is 11.0. The first-order valence-electron chi connectivity index (χ1n) is 16.2. The average Bonchev–Trinajstić information content (AvgIpc) is 3.07. The lowest BCUT2D eigenvalue weighted by molar-refractivity contribution is -0.274. The number of nitrogens with zero attached hydrogens (tertiary/aromatic N) is 1. The topological polar surface area (TPSA) is 261 Å². The minimum Gasteiger partial charge on any atom is -0.463 e. The molecule has 5 N–H and O–H groups in total. The molecule has 0 aliphatic heterocycles. The van der Waals surface area contributed by atoms with E-state index >= 15 is 0 Å². The van der Waals surface area contributed by atoms with Crippen LogP contribution < -0.4 is 11.5 Å². The predicted octanol–water partition coefficient (Wildman–Crippen LogP) is 3.00. The molecule has 20 heteroatoms. The van der Waals surface area contributed by atoms with Gasteiger partial charge in [0.1, 0.15) is 25.3 Å². The molecule has 1 aromatic heterocycles. The van der Waals surface area contributed by atoms with E-state index in [1.165, 1.54) is 52.2 Å². The molecule has 1 aromatic rings. The molecule has 0 fully saturated rings. The van der Waals surface area contributed by atoms with Gasteiger partial charge in [-0.05, 0) is 51.2 Å². The zero-order valence-electron chi connectivity index (χ0n) is 30.3. The van der Waals surface area contributed by atoms with Crippen LogP contribution in [0.2, 0.25) is 0 Å². The van der Waals surface area contributed by atoms with Crippen molar-refractivity contribution in [1.82, 2.24) is 4.98 Å². The molecular formula is C31H53N3O15P2. The van der Waals surface area contributed by atoms with Crippen LogP contribution in [-0.2, 0) is 71.8 Å². The van der Waals surface area contributed by atoms with Crippen molar-refractivity contribution < 1.29 is 70.5 Å². The first-order chi connectivity index (χ1) is 23.7. The van der Waals surface area contributed by atoms with Crippen molar-refractivity contribution in [2.45, 2.75) is 92.7 Å². The van der Waals surface area contributed by atoms with Gasteiger partial charge in [-0.25, -0.2) is 0 Å². The van der Waals surface area contributed by atoms with Crippen LogP contribution in [0.25, 0.3) is 0 Å². The number of hydrogen-bond acceptors (Lipinski definition) is 18. The summed E-state index contributed by atoms with van der Waals surface area (Å²) in [5.74, 6) is -6.28. The van der Waals surface area contributed by atoms with Crippen LogP contribution in [0, 0.1) is 22.7 Å². The number of rotatable bonds is 24. The van der Waals surface area contributed by atoms with Gasteiger partial charge in [0.2, 0.25) is 13.6 Å². The SMILES string of the molecule is CC[C@H](C)[C@H](N)C(=O)OCC(C)(C)C(=O)OCO[PH](=O)OC(O)(Cc1cccnc1)O[PH](=O)OCOC(=O)C(C)(C)COC(=O)[C@@H](N)[C@@H](C)CC. The number of ether oxygens (including phenoxy) is 4. The predicted molar refractivity (Wildman–Crippen MR) is 181 cm³/mol. The van der Waals surface area contributed by atoms with Gasteiger partial charge in [0.15, 0.2) is 0 Å². The minimum atomic E-state index is -3.72. The molecule has 2 unspecified atom stereocenters. The number of aliphatic hydroxyl groups is 1. The molecule has 51 heavy (non-hydrogen) atoms. The lowest BCUT2D eigenvalue weighted by Gasteiger charge is -2.27. The molecule has 1 rings (SSSR count).